The maximum Gasteiger partial charge on any atom is 0.263 e. The SMILES string of the molecule is COc1cc(Nc2ncc(C(=O)NC3CC3)s2)cc(OC)c1OC. The number of hydrogen-bond donors (Lipinski definition) is 2. The number of aromatic nitrogens is 1. The number of ether oxygens (including phenoxy) is 3. The average Bonchev–Trinajstić information content (AvgIpc) is 3.28. The molecule has 0 unspecified atom stereocenters. The summed E-state index contributed by atoms with van der Waals surface area (Å²) >= 11 is 1.30. The molecule has 0 aliphatic heterocycles. The van der Waals surface area contributed by atoms with E-state index in [0.717, 1.165) is 18.5 Å². The Bertz CT molecular complexity index is 718. The van der Waals surface area contributed by atoms with E-state index in [1.807, 2.05) is 0 Å². The quantitative estimate of drug-likeness (QED) is 0.800. The first kappa shape index (κ1) is 16.4. The highest BCUT2D eigenvalue weighted by atomic mass is 32.1. The molecule has 1 aliphatic carbocycles. The monoisotopic (exact) mass is 349 g/mol. The predicted molar refractivity (Wildman–Crippen MR) is 92.0 cm³/mol. The van der Waals surface area contributed by atoms with Gasteiger partial charge < -0.3 is 24.8 Å². The van der Waals surface area contributed by atoms with Crippen LogP contribution in [-0.2, 0) is 0 Å². The van der Waals surface area contributed by atoms with Crippen LogP contribution in [0.4, 0.5) is 10.8 Å². The van der Waals surface area contributed by atoms with Crippen molar-refractivity contribution in [2.75, 3.05) is 26.6 Å². The number of carbonyl (C=O) groups is 1. The van der Waals surface area contributed by atoms with Crippen molar-refractivity contribution in [2.24, 2.45) is 0 Å². The second kappa shape index (κ2) is 6.96. The van der Waals surface area contributed by atoms with Gasteiger partial charge in [-0.05, 0) is 12.8 Å². The molecule has 1 saturated carbocycles. The first-order valence-corrected chi connectivity index (χ1v) is 8.30. The molecule has 7 nitrogen and oxygen atoms in total. The minimum Gasteiger partial charge on any atom is -0.493 e. The second-order valence-corrected chi connectivity index (χ2v) is 6.35. The summed E-state index contributed by atoms with van der Waals surface area (Å²) in [5.41, 5.74) is 0.730. The van der Waals surface area contributed by atoms with Gasteiger partial charge in [-0.25, -0.2) is 4.98 Å². The van der Waals surface area contributed by atoms with Crippen LogP contribution in [0.5, 0.6) is 17.2 Å². The summed E-state index contributed by atoms with van der Waals surface area (Å²) < 4.78 is 15.9. The van der Waals surface area contributed by atoms with Gasteiger partial charge in [-0.15, -0.1) is 0 Å². The molecule has 3 rings (SSSR count). The third kappa shape index (κ3) is 3.53. The van der Waals surface area contributed by atoms with Gasteiger partial charge in [0, 0.05) is 23.9 Å². The summed E-state index contributed by atoms with van der Waals surface area (Å²) in [6, 6.07) is 3.89. The number of nitrogens with zero attached hydrogens (tertiary/aromatic N) is 1. The van der Waals surface area contributed by atoms with Crippen LogP contribution in [0.25, 0.3) is 0 Å². The van der Waals surface area contributed by atoms with Crippen molar-refractivity contribution >= 4 is 28.1 Å². The molecule has 8 heteroatoms. The highest BCUT2D eigenvalue weighted by Gasteiger charge is 2.24. The standard InChI is InChI=1S/C16H19N3O4S/c1-21-11-6-10(7-12(22-2)14(11)23-3)19-16-17-8-13(24-16)15(20)18-9-4-5-9/h6-9H,4-5H2,1-3H3,(H,17,19)(H,18,20). The Morgan fingerprint density at radius 1 is 1.17 bits per heavy atom. The van der Waals surface area contributed by atoms with Crippen LogP contribution in [-0.4, -0.2) is 38.3 Å². The number of thiazole rings is 1. The summed E-state index contributed by atoms with van der Waals surface area (Å²) in [4.78, 5) is 16.8. The third-order valence-corrected chi connectivity index (χ3v) is 4.47. The Kier molecular flexibility index (Phi) is 4.75. The van der Waals surface area contributed by atoms with Crippen molar-refractivity contribution in [3.8, 4) is 17.2 Å². The Labute approximate surface area is 143 Å². The fourth-order valence-corrected chi connectivity index (χ4v) is 2.94. The van der Waals surface area contributed by atoms with Gasteiger partial charge in [0.2, 0.25) is 5.75 Å². The number of methoxy groups -OCH3 is 3. The summed E-state index contributed by atoms with van der Waals surface area (Å²) in [7, 11) is 4.68. The van der Waals surface area contributed by atoms with Crippen LogP contribution in [0.2, 0.25) is 0 Å². The Morgan fingerprint density at radius 2 is 1.83 bits per heavy atom. The van der Waals surface area contributed by atoms with E-state index in [-0.39, 0.29) is 5.91 Å². The van der Waals surface area contributed by atoms with E-state index in [2.05, 4.69) is 15.6 Å². The molecule has 0 atom stereocenters. The van der Waals surface area contributed by atoms with E-state index in [4.69, 9.17) is 14.2 Å². The molecule has 1 aliphatic rings. The number of carbonyl (C=O) groups excluding carboxylic acids is 1. The lowest BCUT2D eigenvalue weighted by Gasteiger charge is -2.14. The van der Waals surface area contributed by atoms with E-state index >= 15 is 0 Å². The van der Waals surface area contributed by atoms with Gasteiger partial charge in [0.05, 0.1) is 27.5 Å². The first-order chi connectivity index (χ1) is 11.6. The van der Waals surface area contributed by atoms with Crippen molar-refractivity contribution < 1.29 is 19.0 Å². The summed E-state index contributed by atoms with van der Waals surface area (Å²) in [6.07, 6.45) is 3.69. The van der Waals surface area contributed by atoms with Crippen molar-refractivity contribution in [3.05, 3.63) is 23.2 Å². The zero-order valence-electron chi connectivity index (χ0n) is 13.7. The van der Waals surface area contributed by atoms with E-state index in [9.17, 15) is 4.79 Å². The molecule has 2 aromatic rings. The highest BCUT2D eigenvalue weighted by molar-refractivity contribution is 7.17. The van der Waals surface area contributed by atoms with Crippen molar-refractivity contribution in [3.63, 3.8) is 0 Å². The molecular formula is C16H19N3O4S. The molecule has 24 heavy (non-hydrogen) atoms. The van der Waals surface area contributed by atoms with Crippen LogP contribution in [0.3, 0.4) is 0 Å². The van der Waals surface area contributed by atoms with Crippen molar-refractivity contribution in [1.82, 2.24) is 10.3 Å². The Hall–Kier alpha value is -2.48. The van der Waals surface area contributed by atoms with E-state index in [0.29, 0.717) is 33.3 Å². The lowest BCUT2D eigenvalue weighted by molar-refractivity contribution is 0.0955. The Morgan fingerprint density at radius 3 is 2.38 bits per heavy atom. The van der Waals surface area contributed by atoms with Gasteiger partial charge in [0.1, 0.15) is 4.88 Å². The van der Waals surface area contributed by atoms with Gasteiger partial charge in [-0.3, -0.25) is 4.79 Å². The number of anilines is 2. The molecule has 128 valence electrons. The molecule has 0 bridgehead atoms. The number of amides is 1. The van der Waals surface area contributed by atoms with Gasteiger partial charge in [-0.1, -0.05) is 11.3 Å². The lowest BCUT2D eigenvalue weighted by Crippen LogP contribution is -2.24. The summed E-state index contributed by atoms with van der Waals surface area (Å²) in [6.45, 7) is 0. The van der Waals surface area contributed by atoms with Crippen LogP contribution in [0.1, 0.15) is 22.5 Å². The van der Waals surface area contributed by atoms with Crippen LogP contribution < -0.4 is 24.8 Å². The molecular weight excluding hydrogens is 330 g/mol. The summed E-state index contributed by atoms with van der Waals surface area (Å²) in [5.74, 6) is 1.53. The van der Waals surface area contributed by atoms with E-state index in [1.54, 1.807) is 39.7 Å². The predicted octanol–water partition coefficient (Wildman–Crippen LogP) is 2.80. The van der Waals surface area contributed by atoms with E-state index in [1.165, 1.54) is 11.3 Å². The Balaban J connectivity index is 1.78. The average molecular weight is 349 g/mol. The molecule has 0 radical (unpaired) electrons. The molecule has 0 saturated heterocycles. The number of benzene rings is 1. The van der Waals surface area contributed by atoms with Crippen LogP contribution in [0.15, 0.2) is 18.3 Å². The van der Waals surface area contributed by atoms with Crippen molar-refractivity contribution in [2.45, 2.75) is 18.9 Å². The molecule has 1 aromatic heterocycles. The van der Waals surface area contributed by atoms with E-state index < -0.39 is 0 Å². The number of rotatable bonds is 7. The maximum atomic E-state index is 12.0. The largest absolute Gasteiger partial charge is 0.493 e. The fraction of sp³-hybridized carbons (Fsp3) is 0.375. The molecule has 2 N–H and O–H groups in total. The third-order valence-electron chi connectivity index (χ3n) is 3.56. The second-order valence-electron chi connectivity index (χ2n) is 5.32. The summed E-state index contributed by atoms with van der Waals surface area (Å²) in [5, 5.41) is 6.72. The molecule has 1 aromatic carbocycles. The number of hydrogen-bond acceptors (Lipinski definition) is 7. The molecule has 0 spiro atoms. The topological polar surface area (TPSA) is 81.7 Å². The minimum absolute atomic E-state index is 0.0760. The van der Waals surface area contributed by atoms with Crippen LogP contribution in [0, 0.1) is 0 Å². The van der Waals surface area contributed by atoms with Gasteiger partial charge in [-0.2, -0.15) is 0 Å². The minimum atomic E-state index is -0.0760. The first-order valence-electron chi connectivity index (χ1n) is 7.48. The van der Waals surface area contributed by atoms with Crippen molar-refractivity contribution in [1.29, 1.82) is 0 Å². The fourth-order valence-electron chi connectivity index (χ4n) is 2.20. The molecule has 1 amide bonds. The van der Waals surface area contributed by atoms with Gasteiger partial charge in [0.25, 0.3) is 5.91 Å². The normalized spacial score (nSPS) is 13.3. The maximum absolute atomic E-state index is 12.0. The zero-order valence-corrected chi connectivity index (χ0v) is 14.5. The van der Waals surface area contributed by atoms with Gasteiger partial charge >= 0.3 is 0 Å². The highest BCUT2D eigenvalue weighted by Crippen LogP contribution is 2.40. The van der Waals surface area contributed by atoms with Gasteiger partial charge in [0.15, 0.2) is 16.6 Å². The zero-order chi connectivity index (χ0) is 17.1. The van der Waals surface area contributed by atoms with Crippen LogP contribution >= 0.6 is 11.3 Å². The number of nitrogens with one attached hydrogen (secondary N) is 2. The molecule has 1 fully saturated rings. The lowest BCUT2D eigenvalue weighted by atomic mass is 10.2. The smallest absolute Gasteiger partial charge is 0.263 e. The molecule has 1 heterocycles.